The average molecular weight is 496 g/mol. The normalized spacial score (nSPS) is 15.3. The van der Waals surface area contributed by atoms with Crippen molar-refractivity contribution < 1.29 is 35.0 Å². The fraction of sp³-hybridized carbons (Fsp3) is 0.222. The number of fused-ring (bicyclic) bond motifs is 1. The van der Waals surface area contributed by atoms with Gasteiger partial charge >= 0.3 is 159 Å². The molecular formula is C18H13F4IO4. The Morgan fingerprint density at radius 3 is 2.33 bits per heavy atom. The van der Waals surface area contributed by atoms with Crippen LogP contribution in [0, 0.1) is 3.57 Å². The van der Waals surface area contributed by atoms with Crippen LogP contribution in [0.1, 0.15) is 26.3 Å². The molecule has 4 nitrogen and oxygen atoms in total. The quantitative estimate of drug-likeness (QED) is 0.261. The summed E-state index contributed by atoms with van der Waals surface area (Å²) in [4.78, 5) is 23.1. The minimum absolute atomic E-state index is 0.0815. The zero-order chi connectivity index (χ0) is 19.8. The van der Waals surface area contributed by atoms with E-state index in [1.807, 2.05) is 0 Å². The summed E-state index contributed by atoms with van der Waals surface area (Å²) in [5.41, 5.74) is -0.0480. The number of methoxy groups -OCH3 is 1. The molecule has 1 aliphatic rings. The van der Waals surface area contributed by atoms with Gasteiger partial charge in [-0.3, -0.25) is 0 Å². The molecule has 3 rings (SSSR count). The van der Waals surface area contributed by atoms with E-state index in [0.717, 1.165) is 19.2 Å². The van der Waals surface area contributed by atoms with Gasteiger partial charge in [-0.2, -0.15) is 0 Å². The van der Waals surface area contributed by atoms with E-state index < -0.39 is 48.4 Å². The Labute approximate surface area is 159 Å². The summed E-state index contributed by atoms with van der Waals surface area (Å²) in [5.74, 6) is -6.09. The Morgan fingerprint density at radius 2 is 1.70 bits per heavy atom. The number of esters is 1. The minimum atomic E-state index is -4.47. The number of ether oxygens (including phenoxy) is 1. The summed E-state index contributed by atoms with van der Waals surface area (Å²) in [6.07, 6.45) is -1.25. The number of alkyl halides is 5. The van der Waals surface area contributed by atoms with Crippen molar-refractivity contribution in [2.45, 2.75) is 16.3 Å². The van der Waals surface area contributed by atoms with Gasteiger partial charge in [0.1, 0.15) is 0 Å². The third-order valence-electron chi connectivity index (χ3n) is 3.86. The van der Waals surface area contributed by atoms with E-state index in [0.29, 0.717) is 0 Å². The molecule has 0 amide bonds. The molecular weight excluding hydrogens is 483 g/mol. The molecule has 2 aromatic rings. The summed E-state index contributed by atoms with van der Waals surface area (Å²) < 4.78 is 63.0. The Kier molecular flexibility index (Phi) is 5.15. The second kappa shape index (κ2) is 7.10. The van der Waals surface area contributed by atoms with Gasteiger partial charge in [0.2, 0.25) is 0 Å². The van der Waals surface area contributed by atoms with Gasteiger partial charge in [0, 0.05) is 0 Å². The first-order valence-electron chi connectivity index (χ1n) is 7.62. The number of rotatable bonds is 5. The van der Waals surface area contributed by atoms with Crippen molar-refractivity contribution in [3.8, 4) is 0 Å². The van der Waals surface area contributed by atoms with Gasteiger partial charge in [-0.25, -0.2) is 0 Å². The molecule has 0 saturated heterocycles. The van der Waals surface area contributed by atoms with Crippen LogP contribution in [-0.4, -0.2) is 28.9 Å². The number of carbonyl (C=O) groups is 2. The standard InChI is InChI=1S/C18H13F4IO4/c1-26-15(24)12-8-6-11(7-9-12)10-17(19,20)18(21,22)23-14-5-3-2-4-13(14)16(25)27-23/h2-9H,10H2,1H3. The number of halogens is 5. The molecule has 9 heteroatoms. The molecule has 27 heavy (non-hydrogen) atoms. The van der Waals surface area contributed by atoms with E-state index in [9.17, 15) is 27.2 Å². The number of carbonyl (C=O) groups excluding carboxylic acids is 2. The van der Waals surface area contributed by atoms with Crippen molar-refractivity contribution in [3.63, 3.8) is 0 Å². The molecule has 0 fully saturated rings. The van der Waals surface area contributed by atoms with Crippen LogP contribution in [0.5, 0.6) is 0 Å². The van der Waals surface area contributed by atoms with Crippen LogP contribution in [0.15, 0.2) is 48.5 Å². The molecule has 0 aliphatic carbocycles. The average Bonchev–Trinajstić information content (AvgIpc) is 2.99. The topological polar surface area (TPSA) is 52.6 Å². The summed E-state index contributed by atoms with van der Waals surface area (Å²) >= 11 is -4.27. The molecule has 0 N–H and O–H groups in total. The number of hydrogen-bond donors (Lipinski definition) is 0. The van der Waals surface area contributed by atoms with Crippen LogP contribution in [-0.2, 0) is 14.2 Å². The first-order chi connectivity index (χ1) is 12.7. The monoisotopic (exact) mass is 496 g/mol. The fourth-order valence-electron chi connectivity index (χ4n) is 2.46. The SMILES string of the molecule is COC(=O)c1ccc(CC(F)(F)C(F)(F)I2OC(=O)c3ccccc32)cc1. The molecule has 0 unspecified atom stereocenters. The van der Waals surface area contributed by atoms with Gasteiger partial charge < -0.3 is 0 Å². The Morgan fingerprint density at radius 1 is 1.07 bits per heavy atom. The zero-order valence-corrected chi connectivity index (χ0v) is 16.0. The van der Waals surface area contributed by atoms with Crippen LogP contribution in [0.3, 0.4) is 0 Å². The van der Waals surface area contributed by atoms with E-state index in [1.165, 1.54) is 36.4 Å². The Balaban J connectivity index is 1.85. The molecule has 144 valence electrons. The molecule has 1 aliphatic heterocycles. The molecule has 0 spiro atoms. The third kappa shape index (κ3) is 3.52. The predicted molar refractivity (Wildman–Crippen MR) is 96.0 cm³/mol. The molecule has 0 bridgehead atoms. The van der Waals surface area contributed by atoms with E-state index >= 15 is 0 Å². The Bertz CT molecular complexity index is 883. The molecule has 0 radical (unpaired) electrons. The maximum absolute atomic E-state index is 14.7. The van der Waals surface area contributed by atoms with Crippen LogP contribution < -0.4 is 0 Å². The maximum atomic E-state index is 14.7. The molecule has 2 aromatic carbocycles. The number of benzene rings is 2. The van der Waals surface area contributed by atoms with Gasteiger partial charge in [0.25, 0.3) is 0 Å². The van der Waals surface area contributed by atoms with E-state index in [1.54, 1.807) is 0 Å². The Hall–Kier alpha value is -2.17. The van der Waals surface area contributed by atoms with E-state index in [-0.39, 0.29) is 20.3 Å². The fourth-order valence-corrected chi connectivity index (χ4v) is 6.71. The zero-order valence-electron chi connectivity index (χ0n) is 13.8. The first kappa shape index (κ1) is 19.6. The summed E-state index contributed by atoms with van der Waals surface area (Å²) in [6.45, 7) is 0. The predicted octanol–water partition coefficient (Wildman–Crippen LogP) is 4.71. The van der Waals surface area contributed by atoms with Crippen molar-refractivity contribution >= 4 is 32.2 Å². The second-order valence-corrected chi connectivity index (χ2v) is 10.0. The molecule has 0 saturated carbocycles. The van der Waals surface area contributed by atoms with Crippen LogP contribution in [0.2, 0.25) is 0 Å². The molecule has 1 heterocycles. The second-order valence-electron chi connectivity index (χ2n) is 5.66. The first-order valence-corrected chi connectivity index (χ1v) is 10.7. The molecule has 0 aromatic heterocycles. The van der Waals surface area contributed by atoms with Gasteiger partial charge in [-0.1, -0.05) is 0 Å². The van der Waals surface area contributed by atoms with Crippen molar-refractivity contribution in [3.05, 3.63) is 68.8 Å². The van der Waals surface area contributed by atoms with Gasteiger partial charge in [-0.05, 0) is 0 Å². The van der Waals surface area contributed by atoms with Gasteiger partial charge in [-0.15, -0.1) is 0 Å². The summed E-state index contributed by atoms with van der Waals surface area (Å²) in [7, 11) is 1.16. The van der Waals surface area contributed by atoms with Gasteiger partial charge in [0.05, 0.1) is 0 Å². The third-order valence-corrected chi connectivity index (χ3v) is 8.71. The van der Waals surface area contributed by atoms with Crippen LogP contribution in [0.4, 0.5) is 17.6 Å². The molecule has 0 atom stereocenters. The number of hydrogen-bond acceptors (Lipinski definition) is 4. The summed E-state index contributed by atoms with van der Waals surface area (Å²) in [5, 5.41) is 0. The van der Waals surface area contributed by atoms with Crippen molar-refractivity contribution in [1.29, 1.82) is 0 Å². The van der Waals surface area contributed by atoms with Crippen LogP contribution in [0.25, 0.3) is 0 Å². The van der Waals surface area contributed by atoms with Crippen molar-refractivity contribution in [2.75, 3.05) is 7.11 Å². The summed E-state index contributed by atoms with van der Waals surface area (Å²) in [6, 6.07) is 10.2. The van der Waals surface area contributed by atoms with Crippen molar-refractivity contribution in [1.82, 2.24) is 0 Å². The van der Waals surface area contributed by atoms with Crippen LogP contribution >= 0.6 is 20.2 Å². The van der Waals surface area contributed by atoms with Gasteiger partial charge in [0.15, 0.2) is 0 Å². The van der Waals surface area contributed by atoms with E-state index in [2.05, 4.69) is 4.74 Å². The van der Waals surface area contributed by atoms with E-state index in [4.69, 9.17) is 3.07 Å². The van der Waals surface area contributed by atoms with Crippen molar-refractivity contribution in [2.24, 2.45) is 0 Å².